The van der Waals surface area contributed by atoms with Crippen LogP contribution in [0.2, 0.25) is 0 Å². The van der Waals surface area contributed by atoms with Crippen molar-refractivity contribution in [2.24, 2.45) is 11.8 Å². The van der Waals surface area contributed by atoms with Crippen LogP contribution in [-0.2, 0) is 0 Å². The Bertz CT molecular complexity index is 164. The number of fused-ring (bicyclic) bond motifs is 2. The first-order chi connectivity index (χ1) is 5.90. The summed E-state index contributed by atoms with van der Waals surface area (Å²) in [7, 11) is 0. The molecule has 1 aliphatic carbocycles. The standard InChI is InChI=1S/C11H19N/c1-2-3-9-4-5-11-8-10(9)6-7-12-11/h2,9-12H,1,3-8H2. The highest BCUT2D eigenvalue weighted by atomic mass is 14.9. The smallest absolute Gasteiger partial charge is 0.00699 e. The van der Waals surface area contributed by atoms with Crippen molar-refractivity contribution in [1.29, 1.82) is 0 Å². The lowest BCUT2D eigenvalue weighted by molar-refractivity contribution is 0.151. The molecule has 1 N–H and O–H groups in total. The topological polar surface area (TPSA) is 12.0 Å². The molecule has 1 aliphatic heterocycles. The second-order valence-corrected chi connectivity index (χ2v) is 4.30. The summed E-state index contributed by atoms with van der Waals surface area (Å²) in [5.41, 5.74) is 0. The van der Waals surface area contributed by atoms with Gasteiger partial charge < -0.3 is 5.32 Å². The Hall–Kier alpha value is -0.300. The van der Waals surface area contributed by atoms with Crippen LogP contribution in [0.4, 0.5) is 0 Å². The van der Waals surface area contributed by atoms with Gasteiger partial charge in [-0.1, -0.05) is 6.08 Å². The Morgan fingerprint density at radius 3 is 3.08 bits per heavy atom. The molecule has 1 heteroatoms. The van der Waals surface area contributed by atoms with Crippen LogP contribution < -0.4 is 5.32 Å². The third kappa shape index (κ3) is 1.56. The van der Waals surface area contributed by atoms with E-state index in [1.165, 1.54) is 38.6 Å². The minimum absolute atomic E-state index is 0.852. The zero-order valence-electron chi connectivity index (χ0n) is 7.76. The summed E-state index contributed by atoms with van der Waals surface area (Å²) in [6.45, 7) is 5.10. The maximum absolute atomic E-state index is 3.84. The predicted octanol–water partition coefficient (Wildman–Crippen LogP) is 2.34. The van der Waals surface area contributed by atoms with Gasteiger partial charge in [0.15, 0.2) is 0 Å². The molecule has 0 aromatic heterocycles. The molecule has 2 bridgehead atoms. The molecule has 1 saturated carbocycles. The maximum Gasteiger partial charge on any atom is 0.00699 e. The van der Waals surface area contributed by atoms with Gasteiger partial charge in [-0.2, -0.15) is 0 Å². The number of hydrogen-bond acceptors (Lipinski definition) is 1. The monoisotopic (exact) mass is 165 g/mol. The van der Waals surface area contributed by atoms with Crippen molar-refractivity contribution in [2.75, 3.05) is 6.54 Å². The molecule has 1 nitrogen and oxygen atoms in total. The molecule has 0 radical (unpaired) electrons. The van der Waals surface area contributed by atoms with Crippen molar-refractivity contribution in [3.05, 3.63) is 12.7 Å². The Kier molecular flexibility index (Phi) is 2.50. The van der Waals surface area contributed by atoms with E-state index in [1.807, 2.05) is 0 Å². The van der Waals surface area contributed by atoms with E-state index in [1.54, 1.807) is 0 Å². The van der Waals surface area contributed by atoms with Crippen molar-refractivity contribution in [3.63, 3.8) is 0 Å². The molecule has 68 valence electrons. The fraction of sp³-hybridized carbons (Fsp3) is 0.818. The summed E-state index contributed by atoms with van der Waals surface area (Å²) in [4.78, 5) is 0. The average molecular weight is 165 g/mol. The minimum atomic E-state index is 0.852. The van der Waals surface area contributed by atoms with Crippen LogP contribution in [0.1, 0.15) is 32.1 Å². The van der Waals surface area contributed by atoms with Crippen molar-refractivity contribution >= 4 is 0 Å². The van der Waals surface area contributed by atoms with E-state index in [2.05, 4.69) is 18.0 Å². The van der Waals surface area contributed by atoms with Gasteiger partial charge >= 0.3 is 0 Å². The third-order valence-corrected chi connectivity index (χ3v) is 3.56. The molecule has 12 heavy (non-hydrogen) atoms. The largest absolute Gasteiger partial charge is 0.314 e. The van der Waals surface area contributed by atoms with Gasteiger partial charge in [0.05, 0.1) is 0 Å². The van der Waals surface area contributed by atoms with E-state index < -0.39 is 0 Å². The Balaban J connectivity index is 1.94. The Morgan fingerprint density at radius 2 is 2.25 bits per heavy atom. The van der Waals surface area contributed by atoms with Crippen LogP contribution >= 0.6 is 0 Å². The van der Waals surface area contributed by atoms with Gasteiger partial charge in [0.25, 0.3) is 0 Å². The minimum Gasteiger partial charge on any atom is -0.314 e. The Morgan fingerprint density at radius 1 is 1.33 bits per heavy atom. The fourth-order valence-corrected chi connectivity index (χ4v) is 2.86. The van der Waals surface area contributed by atoms with E-state index in [0.29, 0.717) is 0 Å². The zero-order chi connectivity index (χ0) is 8.39. The van der Waals surface area contributed by atoms with Gasteiger partial charge in [0.1, 0.15) is 0 Å². The highest BCUT2D eigenvalue weighted by Crippen LogP contribution is 2.36. The molecule has 2 aliphatic rings. The summed E-state index contributed by atoms with van der Waals surface area (Å²) in [6.07, 6.45) is 9.00. The third-order valence-electron chi connectivity index (χ3n) is 3.56. The lowest BCUT2D eigenvalue weighted by atomic mass is 9.72. The van der Waals surface area contributed by atoms with Crippen LogP contribution in [0.15, 0.2) is 12.7 Å². The fourth-order valence-electron chi connectivity index (χ4n) is 2.86. The van der Waals surface area contributed by atoms with Gasteiger partial charge in [-0.15, -0.1) is 6.58 Å². The second-order valence-electron chi connectivity index (χ2n) is 4.30. The number of piperidine rings is 1. The molecule has 0 amide bonds. The van der Waals surface area contributed by atoms with Crippen molar-refractivity contribution in [3.8, 4) is 0 Å². The van der Waals surface area contributed by atoms with Crippen LogP contribution in [-0.4, -0.2) is 12.6 Å². The number of nitrogens with one attached hydrogen (secondary N) is 1. The second kappa shape index (κ2) is 3.61. The number of hydrogen-bond donors (Lipinski definition) is 1. The first-order valence-corrected chi connectivity index (χ1v) is 5.24. The van der Waals surface area contributed by atoms with Gasteiger partial charge in [-0.25, -0.2) is 0 Å². The SMILES string of the molecule is C=CCC1CCC2CC1CCN2. The summed E-state index contributed by atoms with van der Waals surface area (Å²) in [5, 5.41) is 3.59. The molecule has 2 fully saturated rings. The van der Waals surface area contributed by atoms with E-state index in [9.17, 15) is 0 Å². The molecule has 3 atom stereocenters. The average Bonchev–Trinajstić information content (AvgIpc) is 2.11. The van der Waals surface area contributed by atoms with Gasteiger partial charge in [0, 0.05) is 6.04 Å². The van der Waals surface area contributed by atoms with Gasteiger partial charge in [0.2, 0.25) is 0 Å². The summed E-state index contributed by atoms with van der Waals surface area (Å²) >= 11 is 0. The lowest BCUT2D eigenvalue weighted by Gasteiger charge is -2.40. The summed E-state index contributed by atoms with van der Waals surface area (Å²) in [6, 6.07) is 0.852. The van der Waals surface area contributed by atoms with Crippen LogP contribution in [0, 0.1) is 11.8 Å². The maximum atomic E-state index is 3.84. The molecule has 0 aromatic rings. The molecule has 0 aromatic carbocycles. The molecule has 1 saturated heterocycles. The summed E-state index contributed by atoms with van der Waals surface area (Å²) < 4.78 is 0. The number of allylic oxidation sites excluding steroid dienone is 1. The highest BCUT2D eigenvalue weighted by Gasteiger charge is 2.31. The van der Waals surface area contributed by atoms with Crippen LogP contribution in [0.3, 0.4) is 0 Å². The van der Waals surface area contributed by atoms with E-state index in [0.717, 1.165) is 17.9 Å². The molecule has 3 unspecified atom stereocenters. The van der Waals surface area contributed by atoms with E-state index in [4.69, 9.17) is 0 Å². The van der Waals surface area contributed by atoms with E-state index in [-0.39, 0.29) is 0 Å². The highest BCUT2D eigenvalue weighted by molar-refractivity contribution is 4.90. The van der Waals surface area contributed by atoms with Gasteiger partial charge in [-0.3, -0.25) is 0 Å². The molecular formula is C11H19N. The first-order valence-electron chi connectivity index (χ1n) is 5.24. The predicted molar refractivity (Wildman–Crippen MR) is 52.1 cm³/mol. The number of rotatable bonds is 2. The van der Waals surface area contributed by atoms with Crippen molar-refractivity contribution in [1.82, 2.24) is 5.32 Å². The normalized spacial score (nSPS) is 40.8. The molecular weight excluding hydrogens is 146 g/mol. The molecule has 0 spiro atoms. The van der Waals surface area contributed by atoms with Crippen LogP contribution in [0.25, 0.3) is 0 Å². The summed E-state index contributed by atoms with van der Waals surface area (Å²) in [5.74, 6) is 1.96. The van der Waals surface area contributed by atoms with Crippen molar-refractivity contribution in [2.45, 2.75) is 38.1 Å². The molecule has 2 rings (SSSR count). The van der Waals surface area contributed by atoms with E-state index >= 15 is 0 Å². The van der Waals surface area contributed by atoms with Crippen molar-refractivity contribution < 1.29 is 0 Å². The quantitative estimate of drug-likeness (QED) is 0.619. The zero-order valence-corrected chi connectivity index (χ0v) is 7.76. The van der Waals surface area contributed by atoms with Gasteiger partial charge in [-0.05, 0) is 50.5 Å². The Labute approximate surface area is 75.2 Å². The lowest BCUT2D eigenvalue weighted by Crippen LogP contribution is -2.44. The molecule has 1 heterocycles. The van der Waals surface area contributed by atoms with Crippen LogP contribution in [0.5, 0.6) is 0 Å². The first kappa shape index (κ1) is 8.31.